The molecule has 2 heterocycles. The Bertz CT molecular complexity index is 318. The van der Waals surface area contributed by atoms with Crippen LogP contribution in [-0.2, 0) is 0 Å². The highest BCUT2D eigenvalue weighted by Crippen LogP contribution is 2.28. The lowest BCUT2D eigenvalue weighted by atomic mass is 10.1. The van der Waals surface area contributed by atoms with Crippen LogP contribution in [0.2, 0.25) is 0 Å². The standard InChI is InChI=1S/C11H17BrN2S/c1-9(10-7-11(12)15-8-10)14-5-3-13(2)4-6-14/h7-9H,3-6H2,1-2H3. The van der Waals surface area contributed by atoms with E-state index in [1.165, 1.54) is 35.5 Å². The molecule has 1 fully saturated rings. The van der Waals surface area contributed by atoms with Gasteiger partial charge in [0.1, 0.15) is 0 Å². The van der Waals surface area contributed by atoms with Gasteiger partial charge in [-0.3, -0.25) is 4.90 Å². The fourth-order valence-electron chi connectivity index (χ4n) is 1.96. The van der Waals surface area contributed by atoms with Crippen molar-refractivity contribution in [1.82, 2.24) is 9.80 Å². The molecule has 2 rings (SSSR count). The molecule has 0 amide bonds. The number of rotatable bonds is 2. The van der Waals surface area contributed by atoms with Crippen molar-refractivity contribution in [1.29, 1.82) is 0 Å². The fourth-order valence-corrected chi connectivity index (χ4v) is 3.22. The first kappa shape index (κ1) is 11.6. The van der Waals surface area contributed by atoms with Crippen molar-refractivity contribution >= 4 is 27.3 Å². The Morgan fingerprint density at radius 3 is 2.53 bits per heavy atom. The Labute approximate surface area is 104 Å². The largest absolute Gasteiger partial charge is 0.304 e. The van der Waals surface area contributed by atoms with Gasteiger partial charge in [-0.2, -0.15) is 0 Å². The predicted octanol–water partition coefficient (Wildman–Crippen LogP) is 2.82. The van der Waals surface area contributed by atoms with E-state index in [1.807, 2.05) is 0 Å². The molecule has 1 aliphatic heterocycles. The summed E-state index contributed by atoms with van der Waals surface area (Å²) in [5.74, 6) is 0. The minimum Gasteiger partial charge on any atom is -0.304 e. The van der Waals surface area contributed by atoms with E-state index in [0.717, 1.165) is 0 Å². The molecular weight excluding hydrogens is 272 g/mol. The molecule has 0 N–H and O–H groups in total. The zero-order chi connectivity index (χ0) is 10.8. The molecule has 0 spiro atoms. The SMILES string of the molecule is CC(c1csc(Br)c1)N1CCN(C)CC1. The molecule has 0 aromatic carbocycles. The highest BCUT2D eigenvalue weighted by Gasteiger charge is 2.20. The van der Waals surface area contributed by atoms with Crippen molar-refractivity contribution in [2.24, 2.45) is 0 Å². The van der Waals surface area contributed by atoms with E-state index in [-0.39, 0.29) is 0 Å². The number of nitrogens with zero attached hydrogens (tertiary/aromatic N) is 2. The topological polar surface area (TPSA) is 6.48 Å². The lowest BCUT2D eigenvalue weighted by molar-refractivity contribution is 0.119. The normalized spacial score (nSPS) is 21.8. The third kappa shape index (κ3) is 2.81. The third-order valence-electron chi connectivity index (χ3n) is 3.16. The molecule has 4 heteroatoms. The van der Waals surface area contributed by atoms with Crippen LogP contribution in [0.3, 0.4) is 0 Å². The van der Waals surface area contributed by atoms with E-state index >= 15 is 0 Å². The molecule has 84 valence electrons. The second-order valence-corrected chi connectivity index (χ2v) is 6.49. The quantitative estimate of drug-likeness (QED) is 0.826. The van der Waals surface area contributed by atoms with Crippen LogP contribution in [0.5, 0.6) is 0 Å². The molecule has 0 bridgehead atoms. The first-order valence-corrected chi connectivity index (χ1v) is 7.00. The summed E-state index contributed by atoms with van der Waals surface area (Å²) in [5, 5.41) is 2.26. The van der Waals surface area contributed by atoms with Crippen LogP contribution in [0, 0.1) is 0 Å². The molecule has 0 saturated carbocycles. The molecular formula is C11H17BrN2S. The lowest BCUT2D eigenvalue weighted by Crippen LogP contribution is -2.45. The minimum atomic E-state index is 0.557. The van der Waals surface area contributed by atoms with Gasteiger partial charge in [-0.1, -0.05) is 0 Å². The second kappa shape index (κ2) is 4.95. The number of hydrogen-bond donors (Lipinski definition) is 0. The zero-order valence-corrected chi connectivity index (χ0v) is 11.6. The summed E-state index contributed by atoms with van der Waals surface area (Å²) in [6.45, 7) is 7.06. The molecule has 1 aromatic heterocycles. The van der Waals surface area contributed by atoms with Gasteiger partial charge in [0.05, 0.1) is 3.79 Å². The van der Waals surface area contributed by atoms with E-state index in [9.17, 15) is 0 Å². The lowest BCUT2D eigenvalue weighted by Gasteiger charge is -2.36. The maximum atomic E-state index is 3.53. The molecule has 0 aliphatic carbocycles. The van der Waals surface area contributed by atoms with Crippen molar-refractivity contribution in [3.8, 4) is 0 Å². The van der Waals surface area contributed by atoms with E-state index in [1.54, 1.807) is 11.3 Å². The highest BCUT2D eigenvalue weighted by molar-refractivity contribution is 9.11. The molecule has 15 heavy (non-hydrogen) atoms. The third-order valence-corrected chi connectivity index (χ3v) is 4.68. The zero-order valence-electron chi connectivity index (χ0n) is 9.24. The van der Waals surface area contributed by atoms with Gasteiger partial charge in [0.15, 0.2) is 0 Å². The Balaban J connectivity index is 1.99. The summed E-state index contributed by atoms with van der Waals surface area (Å²) in [5.41, 5.74) is 1.44. The van der Waals surface area contributed by atoms with Gasteiger partial charge in [0.2, 0.25) is 0 Å². The average Bonchev–Trinajstić information content (AvgIpc) is 2.65. The molecule has 2 nitrogen and oxygen atoms in total. The summed E-state index contributed by atoms with van der Waals surface area (Å²) in [4.78, 5) is 4.96. The van der Waals surface area contributed by atoms with Crippen LogP contribution < -0.4 is 0 Å². The summed E-state index contributed by atoms with van der Waals surface area (Å²) in [6.07, 6.45) is 0. The van der Waals surface area contributed by atoms with Gasteiger partial charge >= 0.3 is 0 Å². The number of piperazine rings is 1. The van der Waals surface area contributed by atoms with Crippen LogP contribution >= 0.6 is 27.3 Å². The molecule has 1 atom stereocenters. The molecule has 1 aromatic rings. The highest BCUT2D eigenvalue weighted by atomic mass is 79.9. The Hall–Kier alpha value is 0.1000. The van der Waals surface area contributed by atoms with E-state index in [4.69, 9.17) is 0 Å². The van der Waals surface area contributed by atoms with Gasteiger partial charge in [0, 0.05) is 32.2 Å². The summed E-state index contributed by atoms with van der Waals surface area (Å²) < 4.78 is 1.23. The van der Waals surface area contributed by atoms with Crippen LogP contribution in [0.1, 0.15) is 18.5 Å². The first-order chi connectivity index (χ1) is 7.16. The van der Waals surface area contributed by atoms with Crippen LogP contribution in [0.15, 0.2) is 15.2 Å². The molecule has 1 aliphatic rings. The van der Waals surface area contributed by atoms with E-state index < -0.39 is 0 Å². The number of halogens is 1. The van der Waals surface area contributed by atoms with E-state index in [0.29, 0.717) is 6.04 Å². The van der Waals surface area contributed by atoms with Crippen molar-refractivity contribution in [3.05, 3.63) is 20.8 Å². The number of hydrogen-bond acceptors (Lipinski definition) is 3. The maximum absolute atomic E-state index is 3.53. The van der Waals surface area contributed by atoms with Crippen molar-refractivity contribution in [2.45, 2.75) is 13.0 Å². The monoisotopic (exact) mass is 288 g/mol. The Morgan fingerprint density at radius 2 is 2.00 bits per heavy atom. The first-order valence-electron chi connectivity index (χ1n) is 5.33. The molecule has 0 radical (unpaired) electrons. The second-order valence-electron chi connectivity index (χ2n) is 4.20. The smallest absolute Gasteiger partial charge is 0.0701 e. The summed E-state index contributed by atoms with van der Waals surface area (Å²) in [6, 6.07) is 2.80. The predicted molar refractivity (Wildman–Crippen MR) is 69.5 cm³/mol. The van der Waals surface area contributed by atoms with Crippen molar-refractivity contribution in [3.63, 3.8) is 0 Å². The van der Waals surface area contributed by atoms with Crippen molar-refractivity contribution < 1.29 is 0 Å². The van der Waals surface area contributed by atoms with Gasteiger partial charge in [0.25, 0.3) is 0 Å². The number of likely N-dealkylation sites (N-methyl/N-ethyl adjacent to an activating group) is 1. The van der Waals surface area contributed by atoms with Crippen LogP contribution in [0.25, 0.3) is 0 Å². The Morgan fingerprint density at radius 1 is 1.33 bits per heavy atom. The van der Waals surface area contributed by atoms with Gasteiger partial charge in [-0.15, -0.1) is 11.3 Å². The van der Waals surface area contributed by atoms with Gasteiger partial charge < -0.3 is 4.90 Å². The number of thiophene rings is 1. The average molecular weight is 289 g/mol. The fraction of sp³-hybridized carbons (Fsp3) is 0.636. The van der Waals surface area contributed by atoms with Crippen molar-refractivity contribution in [2.75, 3.05) is 33.2 Å². The summed E-state index contributed by atoms with van der Waals surface area (Å²) in [7, 11) is 2.20. The Kier molecular flexibility index (Phi) is 3.83. The molecule has 1 unspecified atom stereocenters. The maximum Gasteiger partial charge on any atom is 0.0701 e. The summed E-state index contributed by atoms with van der Waals surface area (Å²) >= 11 is 5.30. The van der Waals surface area contributed by atoms with E-state index in [2.05, 4.69) is 51.1 Å². The van der Waals surface area contributed by atoms with Gasteiger partial charge in [-0.25, -0.2) is 0 Å². The minimum absolute atomic E-state index is 0.557. The van der Waals surface area contributed by atoms with Gasteiger partial charge in [-0.05, 0) is 46.9 Å². The van der Waals surface area contributed by atoms with Crippen LogP contribution in [-0.4, -0.2) is 43.0 Å². The molecule has 1 saturated heterocycles. The van der Waals surface area contributed by atoms with Crippen LogP contribution in [0.4, 0.5) is 0 Å².